The highest BCUT2D eigenvalue weighted by molar-refractivity contribution is 4.84. The summed E-state index contributed by atoms with van der Waals surface area (Å²) >= 11 is 0. The van der Waals surface area contributed by atoms with E-state index in [9.17, 15) is 0 Å². The fourth-order valence-corrected chi connectivity index (χ4v) is 2.54. The van der Waals surface area contributed by atoms with Crippen molar-refractivity contribution in [2.75, 3.05) is 33.4 Å². The number of methoxy groups -OCH3 is 1. The predicted octanol–water partition coefficient (Wildman–Crippen LogP) is 1.24. The molecule has 0 bridgehead atoms. The molecule has 1 saturated carbocycles. The Kier molecular flexibility index (Phi) is 4.42. The number of likely N-dealkylation sites (tertiary alicyclic amines) is 1. The van der Waals surface area contributed by atoms with Crippen LogP contribution in [0.3, 0.4) is 0 Å². The topological polar surface area (TPSA) is 24.5 Å². The third-order valence-electron chi connectivity index (χ3n) is 3.83. The van der Waals surface area contributed by atoms with Crippen molar-refractivity contribution < 1.29 is 4.74 Å². The van der Waals surface area contributed by atoms with Crippen LogP contribution in [0, 0.1) is 0 Å². The lowest BCUT2D eigenvalue weighted by molar-refractivity contribution is 0.137. The largest absolute Gasteiger partial charge is 0.383 e. The highest BCUT2D eigenvalue weighted by atomic mass is 16.5. The van der Waals surface area contributed by atoms with Gasteiger partial charge in [0, 0.05) is 32.3 Å². The van der Waals surface area contributed by atoms with Gasteiger partial charge in [0.15, 0.2) is 0 Å². The van der Waals surface area contributed by atoms with E-state index in [-0.39, 0.29) is 0 Å². The Morgan fingerprint density at radius 1 is 1.27 bits per heavy atom. The molecule has 0 aromatic rings. The Morgan fingerprint density at radius 3 is 2.80 bits per heavy atom. The molecule has 0 amide bonds. The molecule has 0 aromatic heterocycles. The normalized spacial score (nSPS) is 28.2. The summed E-state index contributed by atoms with van der Waals surface area (Å²) in [4.78, 5) is 2.58. The van der Waals surface area contributed by atoms with E-state index < -0.39 is 0 Å². The first-order valence-electron chi connectivity index (χ1n) is 6.36. The summed E-state index contributed by atoms with van der Waals surface area (Å²) in [6, 6.07) is 1.59. The second-order valence-corrected chi connectivity index (χ2v) is 4.86. The van der Waals surface area contributed by atoms with Gasteiger partial charge < -0.3 is 10.1 Å². The molecule has 1 atom stereocenters. The zero-order valence-corrected chi connectivity index (χ0v) is 9.87. The van der Waals surface area contributed by atoms with Crippen molar-refractivity contribution >= 4 is 0 Å². The van der Waals surface area contributed by atoms with E-state index in [1.54, 1.807) is 7.11 Å². The third-order valence-corrected chi connectivity index (χ3v) is 3.83. The number of nitrogens with one attached hydrogen (secondary N) is 1. The minimum absolute atomic E-state index is 0.765. The second-order valence-electron chi connectivity index (χ2n) is 4.86. The van der Waals surface area contributed by atoms with Crippen LogP contribution in [0.2, 0.25) is 0 Å². The van der Waals surface area contributed by atoms with E-state index in [0.717, 1.165) is 25.2 Å². The van der Waals surface area contributed by atoms with Gasteiger partial charge >= 0.3 is 0 Å². The highest BCUT2D eigenvalue weighted by Crippen LogP contribution is 2.20. The van der Waals surface area contributed by atoms with E-state index >= 15 is 0 Å². The van der Waals surface area contributed by atoms with Gasteiger partial charge in [0.1, 0.15) is 0 Å². The first kappa shape index (κ1) is 11.4. The van der Waals surface area contributed by atoms with Gasteiger partial charge in [-0.25, -0.2) is 0 Å². The molecule has 0 spiro atoms. The van der Waals surface area contributed by atoms with Gasteiger partial charge in [-0.05, 0) is 32.2 Å². The lowest BCUT2D eigenvalue weighted by Crippen LogP contribution is -2.44. The van der Waals surface area contributed by atoms with Crippen LogP contribution < -0.4 is 5.32 Å². The molecule has 88 valence electrons. The van der Waals surface area contributed by atoms with E-state index in [1.807, 2.05) is 0 Å². The van der Waals surface area contributed by atoms with Crippen molar-refractivity contribution in [1.82, 2.24) is 10.2 Å². The molecule has 15 heavy (non-hydrogen) atoms. The van der Waals surface area contributed by atoms with Gasteiger partial charge in [-0.3, -0.25) is 4.90 Å². The maximum Gasteiger partial charge on any atom is 0.0589 e. The van der Waals surface area contributed by atoms with Crippen molar-refractivity contribution in [3.8, 4) is 0 Å². The fraction of sp³-hybridized carbons (Fsp3) is 1.00. The molecule has 1 saturated heterocycles. The van der Waals surface area contributed by atoms with E-state index in [4.69, 9.17) is 4.74 Å². The Bertz CT molecular complexity index is 182. The molecular weight excluding hydrogens is 188 g/mol. The van der Waals surface area contributed by atoms with Gasteiger partial charge in [-0.2, -0.15) is 0 Å². The lowest BCUT2D eigenvalue weighted by Gasteiger charge is -2.31. The molecular formula is C12H24N2O. The zero-order chi connectivity index (χ0) is 10.5. The number of rotatable bonds is 6. The molecule has 1 N–H and O–H groups in total. The lowest BCUT2D eigenvalue weighted by atomic mass is 9.93. The Balaban J connectivity index is 1.64. The van der Waals surface area contributed by atoms with Crippen LogP contribution >= 0.6 is 0 Å². The van der Waals surface area contributed by atoms with Gasteiger partial charge in [0.2, 0.25) is 0 Å². The van der Waals surface area contributed by atoms with Gasteiger partial charge in [-0.15, -0.1) is 0 Å². The highest BCUT2D eigenvalue weighted by Gasteiger charge is 2.25. The van der Waals surface area contributed by atoms with Crippen LogP contribution in [0.15, 0.2) is 0 Å². The first-order chi connectivity index (χ1) is 7.40. The maximum atomic E-state index is 5.15. The van der Waals surface area contributed by atoms with Crippen molar-refractivity contribution in [2.45, 2.75) is 44.2 Å². The van der Waals surface area contributed by atoms with Gasteiger partial charge in [-0.1, -0.05) is 6.42 Å². The second kappa shape index (κ2) is 5.83. The summed E-state index contributed by atoms with van der Waals surface area (Å²) in [5, 5.41) is 3.68. The van der Waals surface area contributed by atoms with Gasteiger partial charge in [0.25, 0.3) is 0 Å². The summed E-state index contributed by atoms with van der Waals surface area (Å²) in [6.45, 7) is 4.43. The Labute approximate surface area is 93.2 Å². The molecule has 1 aliphatic carbocycles. The minimum atomic E-state index is 0.765. The molecule has 1 aliphatic heterocycles. The zero-order valence-electron chi connectivity index (χ0n) is 9.87. The quantitative estimate of drug-likeness (QED) is 0.717. The minimum Gasteiger partial charge on any atom is -0.383 e. The van der Waals surface area contributed by atoms with E-state index in [0.29, 0.717) is 0 Å². The van der Waals surface area contributed by atoms with Crippen molar-refractivity contribution in [3.05, 3.63) is 0 Å². The van der Waals surface area contributed by atoms with Crippen LogP contribution in [-0.4, -0.2) is 50.3 Å². The number of ether oxygens (including phenoxy) is 1. The van der Waals surface area contributed by atoms with Crippen molar-refractivity contribution in [1.29, 1.82) is 0 Å². The molecule has 2 rings (SSSR count). The maximum absolute atomic E-state index is 5.15. The van der Waals surface area contributed by atoms with Crippen LogP contribution in [0.25, 0.3) is 0 Å². The molecule has 1 unspecified atom stereocenters. The van der Waals surface area contributed by atoms with Crippen LogP contribution in [0.1, 0.15) is 32.1 Å². The van der Waals surface area contributed by atoms with E-state index in [1.165, 1.54) is 45.2 Å². The molecule has 3 heteroatoms. The monoisotopic (exact) mass is 212 g/mol. The van der Waals surface area contributed by atoms with Crippen molar-refractivity contribution in [2.24, 2.45) is 0 Å². The molecule has 0 aromatic carbocycles. The van der Waals surface area contributed by atoms with Crippen LogP contribution in [0.4, 0.5) is 0 Å². The first-order valence-corrected chi connectivity index (χ1v) is 6.36. The summed E-state index contributed by atoms with van der Waals surface area (Å²) < 4.78 is 5.15. The average molecular weight is 212 g/mol. The fourth-order valence-electron chi connectivity index (χ4n) is 2.54. The standard InChI is InChI=1S/C12H24N2O/c1-15-9-8-14-7-3-6-12(14)10-13-11-4-2-5-11/h11-13H,2-10H2,1H3. The summed E-state index contributed by atoms with van der Waals surface area (Å²) in [7, 11) is 1.79. The predicted molar refractivity (Wildman–Crippen MR) is 62.1 cm³/mol. The average Bonchev–Trinajstić information content (AvgIpc) is 2.60. The summed E-state index contributed by atoms with van der Waals surface area (Å²) in [5.74, 6) is 0. The summed E-state index contributed by atoms with van der Waals surface area (Å²) in [5.41, 5.74) is 0. The van der Waals surface area contributed by atoms with Crippen LogP contribution in [-0.2, 0) is 4.74 Å². The van der Waals surface area contributed by atoms with Gasteiger partial charge in [0.05, 0.1) is 6.61 Å². The Morgan fingerprint density at radius 2 is 2.13 bits per heavy atom. The molecule has 3 nitrogen and oxygen atoms in total. The smallest absolute Gasteiger partial charge is 0.0589 e. The Hall–Kier alpha value is -0.120. The number of nitrogens with zero attached hydrogens (tertiary/aromatic N) is 1. The van der Waals surface area contributed by atoms with E-state index in [2.05, 4.69) is 10.2 Å². The number of hydrogen-bond donors (Lipinski definition) is 1. The van der Waals surface area contributed by atoms with Crippen molar-refractivity contribution in [3.63, 3.8) is 0 Å². The molecule has 0 radical (unpaired) electrons. The molecule has 2 aliphatic rings. The molecule has 2 fully saturated rings. The van der Waals surface area contributed by atoms with Crippen LogP contribution in [0.5, 0.6) is 0 Å². The molecule has 1 heterocycles. The summed E-state index contributed by atoms with van der Waals surface area (Å²) in [6.07, 6.45) is 6.94. The number of hydrogen-bond acceptors (Lipinski definition) is 3. The third kappa shape index (κ3) is 3.16. The SMILES string of the molecule is COCCN1CCCC1CNC1CCC1.